The first kappa shape index (κ1) is 20.3. The average molecular weight is 410 g/mol. The van der Waals surface area contributed by atoms with Crippen molar-refractivity contribution >= 4 is 28.3 Å². The van der Waals surface area contributed by atoms with Crippen LogP contribution in [0.2, 0.25) is 0 Å². The van der Waals surface area contributed by atoms with Crippen molar-refractivity contribution < 1.29 is 28.0 Å². The first-order chi connectivity index (χ1) is 13.5. The largest absolute Gasteiger partial charge is 0.466 e. The Balaban J connectivity index is 1.56. The summed E-state index contributed by atoms with van der Waals surface area (Å²) in [5.74, 6) is -2.43. The third-order valence-corrected chi connectivity index (χ3v) is 5.37. The Morgan fingerprint density at radius 1 is 1.36 bits per heavy atom. The van der Waals surface area contributed by atoms with E-state index in [0.717, 1.165) is 36.4 Å². The van der Waals surface area contributed by atoms with Gasteiger partial charge in [-0.3, -0.25) is 14.9 Å². The highest BCUT2D eigenvalue weighted by molar-refractivity contribution is 7.14. The van der Waals surface area contributed by atoms with Gasteiger partial charge in [-0.05, 0) is 38.0 Å². The van der Waals surface area contributed by atoms with Crippen molar-refractivity contribution in [2.75, 3.05) is 31.6 Å². The number of nitrogens with one attached hydrogen (secondary N) is 2. The highest BCUT2D eigenvalue weighted by atomic mass is 32.1. The number of nitrogens with zero attached hydrogens (tertiary/aromatic N) is 1. The van der Waals surface area contributed by atoms with Crippen molar-refractivity contribution in [1.29, 1.82) is 0 Å². The molecule has 2 atom stereocenters. The molecule has 0 aliphatic carbocycles. The number of hydrogen-bond acceptors (Lipinski definition) is 5. The van der Waals surface area contributed by atoms with Crippen LogP contribution in [0.4, 0.5) is 13.9 Å². The number of aromatic nitrogens is 1. The van der Waals surface area contributed by atoms with E-state index in [1.807, 2.05) is 0 Å². The number of halogens is 2. The number of quaternary nitrogens is 1. The van der Waals surface area contributed by atoms with Gasteiger partial charge in [0.2, 0.25) is 0 Å². The molecule has 1 aliphatic rings. The van der Waals surface area contributed by atoms with Gasteiger partial charge in [-0.25, -0.2) is 13.8 Å². The summed E-state index contributed by atoms with van der Waals surface area (Å²) in [6.45, 7) is 3.76. The second kappa shape index (κ2) is 9.20. The number of benzene rings is 1. The summed E-state index contributed by atoms with van der Waals surface area (Å²) in [5, 5.41) is 4.80. The predicted molar refractivity (Wildman–Crippen MR) is 101 cm³/mol. The van der Waals surface area contributed by atoms with Gasteiger partial charge in [-0.15, -0.1) is 11.3 Å². The summed E-state index contributed by atoms with van der Waals surface area (Å²) in [4.78, 5) is 29.5. The lowest BCUT2D eigenvalue weighted by Gasteiger charge is -2.28. The number of piperidine rings is 1. The molecule has 0 radical (unpaired) electrons. The Hall–Kier alpha value is -2.39. The van der Waals surface area contributed by atoms with Crippen LogP contribution in [-0.2, 0) is 14.3 Å². The number of thiazole rings is 1. The molecular formula is C19H22F2N3O3S+. The fourth-order valence-corrected chi connectivity index (χ4v) is 4.02. The van der Waals surface area contributed by atoms with Crippen LogP contribution in [0.15, 0.2) is 23.6 Å². The predicted octanol–water partition coefficient (Wildman–Crippen LogP) is 1.88. The van der Waals surface area contributed by atoms with E-state index >= 15 is 0 Å². The SMILES string of the molecule is CCOC(=O)[C@H]1CCC[NH+](CC(=O)Nc2nc(-c3ccc(F)c(F)c3)cs2)C1. The van der Waals surface area contributed by atoms with E-state index in [9.17, 15) is 18.4 Å². The van der Waals surface area contributed by atoms with E-state index in [-0.39, 0.29) is 24.3 Å². The molecule has 2 aromatic rings. The van der Waals surface area contributed by atoms with Crippen molar-refractivity contribution in [2.24, 2.45) is 5.92 Å². The minimum Gasteiger partial charge on any atom is -0.466 e. The van der Waals surface area contributed by atoms with Crippen molar-refractivity contribution in [1.82, 2.24) is 4.98 Å². The van der Waals surface area contributed by atoms with Crippen LogP contribution in [0.25, 0.3) is 11.3 Å². The van der Waals surface area contributed by atoms with Crippen LogP contribution < -0.4 is 10.2 Å². The van der Waals surface area contributed by atoms with Gasteiger partial charge in [0, 0.05) is 10.9 Å². The molecule has 1 aromatic heterocycles. The van der Waals surface area contributed by atoms with Crippen molar-refractivity contribution in [3.8, 4) is 11.3 Å². The minimum atomic E-state index is -0.944. The summed E-state index contributed by atoms with van der Waals surface area (Å²) in [6.07, 6.45) is 1.65. The van der Waals surface area contributed by atoms with Crippen LogP contribution >= 0.6 is 11.3 Å². The molecule has 1 unspecified atom stereocenters. The zero-order valence-electron chi connectivity index (χ0n) is 15.5. The summed E-state index contributed by atoms with van der Waals surface area (Å²) in [5.41, 5.74) is 0.904. The topological polar surface area (TPSA) is 72.7 Å². The molecule has 1 fully saturated rings. The number of amides is 1. The van der Waals surface area contributed by atoms with E-state index in [1.165, 1.54) is 17.4 Å². The Labute approximate surface area is 165 Å². The molecule has 3 rings (SSSR count). The Kier molecular flexibility index (Phi) is 6.69. The number of ether oxygens (including phenoxy) is 1. The van der Waals surface area contributed by atoms with Crippen LogP contribution in [0, 0.1) is 17.6 Å². The molecular weight excluding hydrogens is 388 g/mol. The van der Waals surface area contributed by atoms with E-state index < -0.39 is 11.6 Å². The molecule has 2 N–H and O–H groups in total. The fraction of sp³-hybridized carbons (Fsp3) is 0.421. The smallest absolute Gasteiger partial charge is 0.314 e. The van der Waals surface area contributed by atoms with Gasteiger partial charge >= 0.3 is 5.97 Å². The van der Waals surface area contributed by atoms with Crippen LogP contribution in [0.3, 0.4) is 0 Å². The van der Waals surface area contributed by atoms with Gasteiger partial charge in [-0.2, -0.15) is 0 Å². The number of carbonyl (C=O) groups is 2. The van der Waals surface area contributed by atoms with Gasteiger partial charge in [0.15, 0.2) is 23.3 Å². The Morgan fingerprint density at radius 2 is 2.18 bits per heavy atom. The summed E-state index contributed by atoms with van der Waals surface area (Å²) < 4.78 is 31.5. The molecule has 28 heavy (non-hydrogen) atoms. The first-order valence-corrected chi connectivity index (χ1v) is 10.0. The molecule has 0 bridgehead atoms. The maximum Gasteiger partial charge on any atom is 0.314 e. The standard InChI is InChI=1S/C19H21F2N3O3S/c1-2-27-18(26)13-4-3-7-24(9-13)10-17(25)23-19-22-16(11-28-19)12-5-6-14(20)15(21)8-12/h5-6,8,11,13H,2-4,7,9-10H2,1H3,(H,22,23,25)/p+1/t13-/m0/s1. The average Bonchev–Trinajstić information content (AvgIpc) is 3.12. The highest BCUT2D eigenvalue weighted by Gasteiger charge is 2.30. The quantitative estimate of drug-likeness (QED) is 0.714. The molecule has 0 saturated carbocycles. The van der Waals surface area contributed by atoms with Gasteiger partial charge < -0.3 is 9.64 Å². The third kappa shape index (κ3) is 5.11. The second-order valence-corrected chi connectivity index (χ2v) is 7.55. The van der Waals surface area contributed by atoms with Crippen molar-refractivity contribution in [3.63, 3.8) is 0 Å². The normalized spacial score (nSPS) is 19.2. The number of likely N-dealkylation sites (tertiary alicyclic amines) is 1. The number of anilines is 1. The van der Waals surface area contributed by atoms with Gasteiger partial charge in [0.25, 0.3) is 5.91 Å². The summed E-state index contributed by atoms with van der Waals surface area (Å²) in [6, 6.07) is 3.55. The molecule has 6 nitrogen and oxygen atoms in total. The molecule has 1 aliphatic heterocycles. The van der Waals surface area contributed by atoms with Crippen LogP contribution in [-0.4, -0.2) is 43.1 Å². The Morgan fingerprint density at radius 3 is 2.93 bits per heavy atom. The molecule has 1 amide bonds. The molecule has 150 valence electrons. The molecule has 1 saturated heterocycles. The monoisotopic (exact) mass is 410 g/mol. The summed E-state index contributed by atoms with van der Waals surface area (Å²) >= 11 is 1.21. The summed E-state index contributed by atoms with van der Waals surface area (Å²) in [7, 11) is 0. The second-order valence-electron chi connectivity index (χ2n) is 6.69. The lowest BCUT2D eigenvalue weighted by atomic mass is 9.98. The van der Waals surface area contributed by atoms with Gasteiger partial charge in [0.05, 0.1) is 25.4 Å². The third-order valence-electron chi connectivity index (χ3n) is 4.61. The molecule has 2 heterocycles. The van der Waals surface area contributed by atoms with E-state index in [1.54, 1.807) is 12.3 Å². The van der Waals surface area contributed by atoms with Gasteiger partial charge in [0.1, 0.15) is 5.92 Å². The molecule has 9 heteroatoms. The maximum absolute atomic E-state index is 13.4. The van der Waals surface area contributed by atoms with Crippen LogP contribution in [0.1, 0.15) is 19.8 Å². The van der Waals surface area contributed by atoms with E-state index in [0.29, 0.717) is 29.5 Å². The van der Waals surface area contributed by atoms with Crippen LogP contribution in [0.5, 0.6) is 0 Å². The van der Waals surface area contributed by atoms with Crippen molar-refractivity contribution in [2.45, 2.75) is 19.8 Å². The number of hydrogen-bond donors (Lipinski definition) is 2. The lowest BCUT2D eigenvalue weighted by Crippen LogP contribution is -3.14. The van der Waals surface area contributed by atoms with Crippen molar-refractivity contribution in [3.05, 3.63) is 35.2 Å². The minimum absolute atomic E-state index is 0.170. The molecule has 1 aromatic carbocycles. The van der Waals surface area contributed by atoms with E-state index in [4.69, 9.17) is 4.74 Å². The van der Waals surface area contributed by atoms with Gasteiger partial charge in [-0.1, -0.05) is 0 Å². The van der Waals surface area contributed by atoms with E-state index in [2.05, 4.69) is 10.3 Å². The maximum atomic E-state index is 13.4. The zero-order valence-corrected chi connectivity index (χ0v) is 16.3. The first-order valence-electron chi connectivity index (χ1n) is 9.17. The molecule has 0 spiro atoms. The number of carbonyl (C=O) groups excluding carboxylic acids is 2. The highest BCUT2D eigenvalue weighted by Crippen LogP contribution is 2.26. The Bertz CT molecular complexity index is 859. The number of esters is 1. The lowest BCUT2D eigenvalue weighted by molar-refractivity contribution is -0.899. The zero-order chi connectivity index (χ0) is 20.1. The fourth-order valence-electron chi connectivity index (χ4n) is 3.28. The number of rotatable bonds is 6.